The average molecular weight is 258 g/mol. The molecule has 0 saturated carbocycles. The Bertz CT molecular complexity index is 603. The van der Waals surface area contributed by atoms with Gasteiger partial charge in [0.15, 0.2) is 0 Å². The van der Waals surface area contributed by atoms with Crippen LogP contribution in [0.2, 0.25) is 0 Å². The third-order valence-corrected chi connectivity index (χ3v) is 3.05. The third-order valence-electron chi connectivity index (χ3n) is 3.05. The van der Waals surface area contributed by atoms with Crippen molar-refractivity contribution in [2.24, 2.45) is 10.6 Å². The number of hydrogen-bond donors (Lipinski definition) is 0. The molecule has 0 aliphatic carbocycles. The van der Waals surface area contributed by atoms with Gasteiger partial charge in [-0.3, -0.25) is 0 Å². The average Bonchev–Trinajstić information content (AvgIpc) is 2.67. The Kier molecular flexibility index (Phi) is 3.65. The van der Waals surface area contributed by atoms with Gasteiger partial charge in [-0.2, -0.15) is 0 Å². The Balaban J connectivity index is 2.58. The SMILES string of the molecule is CO/N=C(/C)c1cn(CC(C)(C)C)c2ccccc12. The molecule has 0 aliphatic rings. The van der Waals surface area contributed by atoms with Crippen molar-refractivity contribution in [3.63, 3.8) is 0 Å². The highest BCUT2D eigenvalue weighted by molar-refractivity contribution is 6.09. The number of hydrogen-bond acceptors (Lipinski definition) is 2. The summed E-state index contributed by atoms with van der Waals surface area (Å²) in [5.41, 5.74) is 3.54. The third kappa shape index (κ3) is 2.98. The normalized spacial score (nSPS) is 13.0. The van der Waals surface area contributed by atoms with Crippen molar-refractivity contribution >= 4 is 16.6 Å². The lowest BCUT2D eigenvalue weighted by atomic mass is 9.97. The molecule has 1 aromatic carbocycles. The van der Waals surface area contributed by atoms with Crippen LogP contribution in [-0.2, 0) is 11.4 Å². The lowest BCUT2D eigenvalue weighted by Crippen LogP contribution is -2.14. The van der Waals surface area contributed by atoms with E-state index < -0.39 is 0 Å². The quantitative estimate of drug-likeness (QED) is 0.602. The first-order chi connectivity index (χ1) is 8.92. The van der Waals surface area contributed by atoms with E-state index >= 15 is 0 Å². The van der Waals surface area contributed by atoms with Crippen LogP contribution in [0.4, 0.5) is 0 Å². The highest BCUT2D eigenvalue weighted by atomic mass is 16.6. The van der Waals surface area contributed by atoms with Gasteiger partial charge in [0, 0.05) is 29.2 Å². The molecular formula is C16H22N2O. The molecule has 19 heavy (non-hydrogen) atoms. The van der Waals surface area contributed by atoms with E-state index in [1.165, 1.54) is 10.9 Å². The molecule has 0 bridgehead atoms. The summed E-state index contributed by atoms with van der Waals surface area (Å²) in [5, 5.41) is 5.28. The summed E-state index contributed by atoms with van der Waals surface area (Å²) < 4.78 is 2.30. The second kappa shape index (κ2) is 5.08. The Labute approximate surface area is 114 Å². The zero-order valence-corrected chi connectivity index (χ0v) is 12.4. The molecule has 0 amide bonds. The van der Waals surface area contributed by atoms with E-state index in [0.717, 1.165) is 17.8 Å². The van der Waals surface area contributed by atoms with Gasteiger partial charge in [-0.1, -0.05) is 44.1 Å². The molecule has 0 fully saturated rings. The van der Waals surface area contributed by atoms with Crippen molar-refractivity contribution in [2.45, 2.75) is 34.2 Å². The lowest BCUT2D eigenvalue weighted by Gasteiger charge is -2.19. The number of fused-ring (bicyclic) bond motifs is 1. The van der Waals surface area contributed by atoms with Crippen LogP contribution in [0, 0.1) is 5.41 Å². The molecule has 2 aromatic rings. The summed E-state index contributed by atoms with van der Waals surface area (Å²) in [6.07, 6.45) is 2.17. The van der Waals surface area contributed by atoms with Crippen LogP contribution in [0.3, 0.4) is 0 Å². The molecule has 0 unspecified atom stereocenters. The van der Waals surface area contributed by atoms with E-state index in [4.69, 9.17) is 4.84 Å². The Hall–Kier alpha value is -1.77. The first kappa shape index (κ1) is 13.7. The van der Waals surface area contributed by atoms with E-state index in [0.29, 0.717) is 0 Å². The van der Waals surface area contributed by atoms with Crippen LogP contribution in [-0.4, -0.2) is 17.4 Å². The molecule has 0 spiro atoms. The zero-order chi connectivity index (χ0) is 14.0. The summed E-state index contributed by atoms with van der Waals surface area (Å²) in [6.45, 7) is 9.70. The maximum atomic E-state index is 4.90. The van der Waals surface area contributed by atoms with Crippen molar-refractivity contribution in [2.75, 3.05) is 7.11 Å². The predicted octanol–water partition coefficient (Wildman–Crippen LogP) is 4.06. The van der Waals surface area contributed by atoms with Gasteiger partial charge in [-0.15, -0.1) is 0 Å². The number of para-hydroxylation sites is 1. The minimum absolute atomic E-state index is 0.241. The van der Waals surface area contributed by atoms with Gasteiger partial charge in [0.1, 0.15) is 7.11 Å². The molecule has 0 atom stereocenters. The van der Waals surface area contributed by atoms with Gasteiger partial charge >= 0.3 is 0 Å². The number of nitrogens with zero attached hydrogens (tertiary/aromatic N) is 2. The monoisotopic (exact) mass is 258 g/mol. The van der Waals surface area contributed by atoms with Crippen molar-refractivity contribution in [1.82, 2.24) is 4.57 Å². The van der Waals surface area contributed by atoms with Crippen LogP contribution in [0.5, 0.6) is 0 Å². The second-order valence-corrected chi connectivity index (χ2v) is 6.11. The second-order valence-electron chi connectivity index (χ2n) is 6.11. The summed E-state index contributed by atoms with van der Waals surface area (Å²) >= 11 is 0. The molecule has 2 rings (SSSR count). The zero-order valence-electron chi connectivity index (χ0n) is 12.4. The van der Waals surface area contributed by atoms with Crippen molar-refractivity contribution in [3.8, 4) is 0 Å². The molecule has 3 heteroatoms. The van der Waals surface area contributed by atoms with Gasteiger partial charge in [0.25, 0.3) is 0 Å². The lowest BCUT2D eigenvalue weighted by molar-refractivity contribution is 0.213. The fourth-order valence-corrected chi connectivity index (χ4v) is 2.36. The van der Waals surface area contributed by atoms with E-state index in [9.17, 15) is 0 Å². The van der Waals surface area contributed by atoms with Crippen LogP contribution < -0.4 is 0 Å². The van der Waals surface area contributed by atoms with E-state index in [1.807, 2.05) is 6.92 Å². The van der Waals surface area contributed by atoms with Crippen LogP contribution >= 0.6 is 0 Å². The largest absolute Gasteiger partial charge is 0.399 e. The predicted molar refractivity (Wildman–Crippen MR) is 80.6 cm³/mol. The minimum Gasteiger partial charge on any atom is -0.399 e. The Morgan fingerprint density at radius 3 is 2.58 bits per heavy atom. The van der Waals surface area contributed by atoms with E-state index in [2.05, 4.69) is 61.0 Å². The number of rotatable bonds is 3. The van der Waals surface area contributed by atoms with Gasteiger partial charge in [-0.05, 0) is 18.4 Å². The highest BCUT2D eigenvalue weighted by Gasteiger charge is 2.16. The fraction of sp³-hybridized carbons (Fsp3) is 0.438. The molecular weight excluding hydrogens is 236 g/mol. The molecule has 102 valence electrons. The summed E-state index contributed by atoms with van der Waals surface area (Å²) in [4.78, 5) is 4.90. The van der Waals surface area contributed by atoms with Crippen molar-refractivity contribution in [3.05, 3.63) is 36.0 Å². The van der Waals surface area contributed by atoms with E-state index in [-0.39, 0.29) is 5.41 Å². The molecule has 0 N–H and O–H groups in total. The highest BCUT2D eigenvalue weighted by Crippen LogP contribution is 2.26. The minimum atomic E-state index is 0.241. The maximum Gasteiger partial charge on any atom is 0.106 e. The summed E-state index contributed by atoms with van der Waals surface area (Å²) in [5.74, 6) is 0. The van der Waals surface area contributed by atoms with Gasteiger partial charge in [0.2, 0.25) is 0 Å². The molecule has 1 heterocycles. The topological polar surface area (TPSA) is 26.5 Å². The van der Waals surface area contributed by atoms with Crippen LogP contribution in [0.15, 0.2) is 35.6 Å². The summed E-state index contributed by atoms with van der Waals surface area (Å²) in [7, 11) is 1.58. The van der Waals surface area contributed by atoms with Gasteiger partial charge < -0.3 is 9.40 Å². The first-order valence-corrected chi connectivity index (χ1v) is 6.58. The fourth-order valence-electron chi connectivity index (χ4n) is 2.36. The van der Waals surface area contributed by atoms with Crippen LogP contribution in [0.1, 0.15) is 33.3 Å². The van der Waals surface area contributed by atoms with Gasteiger partial charge in [-0.25, -0.2) is 0 Å². The standard InChI is InChI=1S/C16H22N2O/c1-12(17-19-5)14-10-18(11-16(2,3)4)15-9-7-6-8-13(14)15/h6-10H,11H2,1-5H3/b17-12-. The molecule has 0 aliphatic heterocycles. The summed E-state index contributed by atoms with van der Waals surface area (Å²) in [6, 6.07) is 8.44. The van der Waals surface area contributed by atoms with Crippen molar-refractivity contribution < 1.29 is 4.84 Å². The van der Waals surface area contributed by atoms with Crippen LogP contribution in [0.25, 0.3) is 10.9 Å². The Morgan fingerprint density at radius 1 is 1.26 bits per heavy atom. The van der Waals surface area contributed by atoms with E-state index in [1.54, 1.807) is 7.11 Å². The first-order valence-electron chi connectivity index (χ1n) is 6.58. The van der Waals surface area contributed by atoms with Gasteiger partial charge in [0.05, 0.1) is 5.71 Å². The number of aromatic nitrogens is 1. The molecule has 0 saturated heterocycles. The maximum absolute atomic E-state index is 4.90. The Morgan fingerprint density at radius 2 is 1.95 bits per heavy atom. The number of benzene rings is 1. The molecule has 1 aromatic heterocycles. The smallest absolute Gasteiger partial charge is 0.106 e. The van der Waals surface area contributed by atoms with Crippen molar-refractivity contribution in [1.29, 1.82) is 0 Å². The number of oxime groups is 1. The molecule has 0 radical (unpaired) electrons. The molecule has 3 nitrogen and oxygen atoms in total.